The maximum atomic E-state index is 14.0. The monoisotopic (exact) mass is 553 g/mol. The summed E-state index contributed by atoms with van der Waals surface area (Å²) < 4.78 is 37.4. The highest BCUT2D eigenvalue weighted by atomic mass is 32.2. The number of anilines is 1. The van der Waals surface area contributed by atoms with E-state index >= 15 is 0 Å². The van der Waals surface area contributed by atoms with Gasteiger partial charge in [-0.3, -0.25) is 13.9 Å². The van der Waals surface area contributed by atoms with Gasteiger partial charge in [0.1, 0.15) is 12.6 Å². The molecule has 0 saturated carbocycles. The first kappa shape index (κ1) is 29.5. The van der Waals surface area contributed by atoms with Gasteiger partial charge in [-0.25, -0.2) is 8.42 Å². The minimum absolute atomic E-state index is 0.119. The Balaban J connectivity index is 2.04. The average Bonchev–Trinajstić information content (AvgIpc) is 2.93. The van der Waals surface area contributed by atoms with Gasteiger partial charge in [0.25, 0.3) is 0 Å². The van der Waals surface area contributed by atoms with Crippen molar-refractivity contribution in [2.24, 2.45) is 0 Å². The number of methoxy groups -OCH3 is 2. The molecule has 0 unspecified atom stereocenters. The van der Waals surface area contributed by atoms with Crippen LogP contribution in [0.1, 0.15) is 16.7 Å². The van der Waals surface area contributed by atoms with E-state index in [1.54, 1.807) is 12.1 Å². The molecule has 10 heteroatoms. The zero-order chi connectivity index (χ0) is 28.6. The number of rotatable bonds is 12. The number of ether oxygens (including phenoxy) is 2. The van der Waals surface area contributed by atoms with E-state index in [1.165, 1.54) is 32.2 Å². The number of hydrogen-bond acceptors (Lipinski definition) is 6. The van der Waals surface area contributed by atoms with Crippen molar-refractivity contribution in [3.05, 3.63) is 89.5 Å². The first-order valence-electron chi connectivity index (χ1n) is 12.4. The van der Waals surface area contributed by atoms with Gasteiger partial charge in [-0.2, -0.15) is 0 Å². The zero-order valence-electron chi connectivity index (χ0n) is 22.9. The molecule has 1 atom stereocenters. The van der Waals surface area contributed by atoms with Crippen LogP contribution in [-0.4, -0.2) is 65.2 Å². The van der Waals surface area contributed by atoms with Crippen LogP contribution in [0.15, 0.2) is 72.8 Å². The third-order valence-corrected chi connectivity index (χ3v) is 7.47. The van der Waals surface area contributed by atoms with E-state index in [0.717, 1.165) is 27.3 Å². The smallest absolute Gasteiger partial charge is 0.244 e. The van der Waals surface area contributed by atoms with Crippen molar-refractivity contribution in [2.75, 3.05) is 38.4 Å². The van der Waals surface area contributed by atoms with Crippen LogP contribution in [0.2, 0.25) is 0 Å². The number of hydrogen-bond donors (Lipinski definition) is 1. The summed E-state index contributed by atoms with van der Waals surface area (Å²) in [4.78, 5) is 28.5. The van der Waals surface area contributed by atoms with Gasteiger partial charge in [-0.05, 0) is 30.2 Å². The van der Waals surface area contributed by atoms with Crippen molar-refractivity contribution in [1.82, 2.24) is 10.2 Å². The molecule has 0 aromatic heterocycles. The number of carbonyl (C=O) groups excluding carboxylic acids is 2. The fourth-order valence-corrected chi connectivity index (χ4v) is 5.05. The van der Waals surface area contributed by atoms with Gasteiger partial charge in [0.15, 0.2) is 11.5 Å². The van der Waals surface area contributed by atoms with Crippen LogP contribution >= 0.6 is 0 Å². The highest BCUT2D eigenvalue weighted by Gasteiger charge is 2.32. The van der Waals surface area contributed by atoms with E-state index in [9.17, 15) is 18.0 Å². The lowest BCUT2D eigenvalue weighted by Crippen LogP contribution is -2.52. The molecule has 0 aliphatic rings. The van der Waals surface area contributed by atoms with E-state index in [1.807, 2.05) is 61.5 Å². The molecule has 0 aliphatic heterocycles. The molecule has 0 bridgehead atoms. The molecule has 0 saturated heterocycles. The summed E-state index contributed by atoms with van der Waals surface area (Å²) in [5, 5.41) is 2.66. The van der Waals surface area contributed by atoms with Crippen LogP contribution in [0.5, 0.6) is 11.5 Å². The SMILES string of the molecule is CNC(=O)[C@@H](Cc1ccccc1)N(Cc1ccc(C)cc1)C(=O)CN(c1ccc(OC)c(OC)c1)S(C)(=O)=O. The Morgan fingerprint density at radius 1 is 0.897 bits per heavy atom. The summed E-state index contributed by atoms with van der Waals surface area (Å²) in [6, 6.07) is 20.8. The van der Waals surface area contributed by atoms with Crippen molar-refractivity contribution >= 4 is 27.5 Å². The number of benzene rings is 3. The molecule has 0 spiro atoms. The van der Waals surface area contributed by atoms with Gasteiger partial charge in [0, 0.05) is 26.1 Å². The van der Waals surface area contributed by atoms with Crippen molar-refractivity contribution in [1.29, 1.82) is 0 Å². The molecule has 0 radical (unpaired) electrons. The van der Waals surface area contributed by atoms with E-state index in [0.29, 0.717) is 11.5 Å². The normalized spacial score (nSPS) is 11.8. The van der Waals surface area contributed by atoms with Crippen molar-refractivity contribution < 1.29 is 27.5 Å². The van der Waals surface area contributed by atoms with Crippen molar-refractivity contribution in [3.8, 4) is 11.5 Å². The topological polar surface area (TPSA) is 105 Å². The van der Waals surface area contributed by atoms with Crippen LogP contribution < -0.4 is 19.1 Å². The summed E-state index contributed by atoms with van der Waals surface area (Å²) in [6.07, 6.45) is 1.29. The van der Waals surface area contributed by atoms with Gasteiger partial charge >= 0.3 is 0 Å². The number of aryl methyl sites for hydroxylation is 1. The van der Waals surface area contributed by atoms with Crippen LogP contribution in [0.25, 0.3) is 0 Å². The summed E-state index contributed by atoms with van der Waals surface area (Å²) in [5.41, 5.74) is 2.97. The van der Waals surface area contributed by atoms with E-state index < -0.39 is 28.5 Å². The van der Waals surface area contributed by atoms with Crippen LogP contribution in [0.3, 0.4) is 0 Å². The Kier molecular flexibility index (Phi) is 9.95. The standard InChI is InChI=1S/C29H35N3O6S/c1-21-11-13-23(14-12-21)19-31(25(29(34)30-2)17-22-9-7-6-8-10-22)28(33)20-32(39(5,35)36)24-15-16-26(37-3)27(18-24)38-4/h6-16,18,25H,17,19-20H2,1-5H3,(H,30,34)/t25-/m1/s1. The number of nitrogens with zero attached hydrogens (tertiary/aromatic N) is 2. The molecule has 0 heterocycles. The predicted molar refractivity (Wildman–Crippen MR) is 151 cm³/mol. The first-order valence-corrected chi connectivity index (χ1v) is 14.2. The van der Waals surface area contributed by atoms with Gasteiger partial charge in [0.2, 0.25) is 21.8 Å². The zero-order valence-corrected chi connectivity index (χ0v) is 23.7. The largest absolute Gasteiger partial charge is 0.493 e. The molecular formula is C29H35N3O6S. The van der Waals surface area contributed by atoms with E-state index in [4.69, 9.17) is 9.47 Å². The highest BCUT2D eigenvalue weighted by molar-refractivity contribution is 7.92. The van der Waals surface area contributed by atoms with Crippen LogP contribution in [0, 0.1) is 6.92 Å². The minimum Gasteiger partial charge on any atom is -0.493 e. The summed E-state index contributed by atoms with van der Waals surface area (Å²) in [7, 11) is 0.543. The Morgan fingerprint density at radius 3 is 2.10 bits per heavy atom. The molecule has 9 nitrogen and oxygen atoms in total. The Hall–Kier alpha value is -4.05. The van der Waals surface area contributed by atoms with Crippen LogP contribution in [0.4, 0.5) is 5.69 Å². The third-order valence-electron chi connectivity index (χ3n) is 6.33. The summed E-state index contributed by atoms with van der Waals surface area (Å²) in [6.45, 7) is 1.57. The maximum Gasteiger partial charge on any atom is 0.244 e. The molecule has 208 valence electrons. The predicted octanol–water partition coefficient (Wildman–Crippen LogP) is 3.16. The highest BCUT2D eigenvalue weighted by Crippen LogP contribution is 2.32. The Labute approximate surface area is 230 Å². The lowest BCUT2D eigenvalue weighted by molar-refractivity contribution is -0.139. The molecule has 1 N–H and O–H groups in total. The minimum atomic E-state index is -3.89. The van der Waals surface area contributed by atoms with Crippen molar-refractivity contribution in [3.63, 3.8) is 0 Å². The molecule has 3 rings (SSSR count). The molecule has 3 aromatic rings. The Bertz CT molecular complexity index is 1380. The number of amides is 2. The fraction of sp³-hybridized carbons (Fsp3) is 0.310. The van der Waals surface area contributed by atoms with Gasteiger partial charge in [0.05, 0.1) is 26.2 Å². The number of carbonyl (C=O) groups is 2. The summed E-state index contributed by atoms with van der Waals surface area (Å²) >= 11 is 0. The second-order valence-electron chi connectivity index (χ2n) is 9.14. The number of nitrogens with one attached hydrogen (secondary N) is 1. The van der Waals surface area contributed by atoms with E-state index in [2.05, 4.69) is 5.32 Å². The quantitative estimate of drug-likeness (QED) is 0.370. The first-order chi connectivity index (χ1) is 18.6. The molecule has 0 fully saturated rings. The molecule has 39 heavy (non-hydrogen) atoms. The molecule has 2 amide bonds. The molecule has 0 aliphatic carbocycles. The fourth-order valence-electron chi connectivity index (χ4n) is 4.20. The average molecular weight is 554 g/mol. The third kappa shape index (κ3) is 7.73. The van der Waals surface area contributed by atoms with E-state index in [-0.39, 0.29) is 24.6 Å². The second-order valence-corrected chi connectivity index (χ2v) is 11.0. The second kappa shape index (κ2) is 13.1. The van der Waals surface area contributed by atoms with Crippen molar-refractivity contribution in [2.45, 2.75) is 25.9 Å². The molecule has 3 aromatic carbocycles. The van der Waals surface area contributed by atoms with Gasteiger partial charge in [-0.1, -0.05) is 60.2 Å². The maximum absolute atomic E-state index is 14.0. The van der Waals surface area contributed by atoms with Crippen LogP contribution in [-0.2, 0) is 32.6 Å². The lowest BCUT2D eigenvalue weighted by atomic mass is 10.0. The number of sulfonamides is 1. The molecular weight excluding hydrogens is 518 g/mol. The van der Waals surface area contributed by atoms with Gasteiger partial charge < -0.3 is 19.7 Å². The summed E-state index contributed by atoms with van der Waals surface area (Å²) in [5.74, 6) is -0.138. The lowest BCUT2D eigenvalue weighted by Gasteiger charge is -2.33. The van der Waals surface area contributed by atoms with Gasteiger partial charge in [-0.15, -0.1) is 0 Å². The number of likely N-dealkylation sites (N-methyl/N-ethyl adjacent to an activating group) is 1. The Morgan fingerprint density at radius 2 is 1.54 bits per heavy atom.